The first kappa shape index (κ1) is 20.3. The zero-order valence-corrected chi connectivity index (χ0v) is 16.4. The summed E-state index contributed by atoms with van der Waals surface area (Å²) in [5, 5.41) is 13.7. The normalized spacial score (nSPS) is 16.9. The summed E-state index contributed by atoms with van der Waals surface area (Å²) in [5.74, 6) is -0.888. The number of aromatic nitrogens is 1. The van der Waals surface area contributed by atoms with E-state index >= 15 is 0 Å². The molecule has 8 heteroatoms. The zero-order valence-electron chi connectivity index (χ0n) is 16.4. The van der Waals surface area contributed by atoms with Crippen LogP contribution in [0.1, 0.15) is 17.2 Å². The number of benzene rings is 1. The molecule has 0 aliphatic carbocycles. The van der Waals surface area contributed by atoms with E-state index in [0.717, 1.165) is 22.0 Å². The molecule has 1 atom stereocenters. The molecule has 28 heavy (non-hydrogen) atoms. The molecule has 0 bridgehead atoms. The van der Waals surface area contributed by atoms with E-state index in [0.29, 0.717) is 45.9 Å². The number of methoxy groups -OCH3 is 1. The second kappa shape index (κ2) is 9.18. The van der Waals surface area contributed by atoms with Crippen LogP contribution in [0.2, 0.25) is 0 Å². The quantitative estimate of drug-likeness (QED) is 0.584. The summed E-state index contributed by atoms with van der Waals surface area (Å²) in [4.78, 5) is 31.3. The van der Waals surface area contributed by atoms with Crippen molar-refractivity contribution < 1.29 is 19.4 Å². The minimum absolute atomic E-state index is 0.0348. The molecule has 1 saturated heterocycles. The van der Waals surface area contributed by atoms with Gasteiger partial charge in [-0.3, -0.25) is 19.4 Å². The number of nitrogens with one attached hydrogen (secondary N) is 2. The number of aryl methyl sites for hydroxylation is 1. The van der Waals surface area contributed by atoms with Crippen LogP contribution < -0.4 is 5.32 Å². The van der Waals surface area contributed by atoms with Crippen LogP contribution in [-0.2, 0) is 14.3 Å². The Morgan fingerprint density at radius 2 is 2.04 bits per heavy atom. The van der Waals surface area contributed by atoms with Crippen LogP contribution in [0, 0.1) is 6.92 Å². The Labute approximate surface area is 164 Å². The lowest BCUT2D eigenvalue weighted by atomic mass is 10.0. The monoisotopic (exact) mass is 388 g/mol. The van der Waals surface area contributed by atoms with Gasteiger partial charge in [0, 0.05) is 62.5 Å². The number of hydrogen-bond acceptors (Lipinski definition) is 5. The van der Waals surface area contributed by atoms with Gasteiger partial charge in [-0.15, -0.1) is 0 Å². The number of rotatable bonds is 8. The van der Waals surface area contributed by atoms with Crippen molar-refractivity contribution in [2.45, 2.75) is 13.0 Å². The highest BCUT2D eigenvalue weighted by Gasteiger charge is 2.32. The van der Waals surface area contributed by atoms with Crippen LogP contribution in [0.4, 0.5) is 0 Å². The summed E-state index contributed by atoms with van der Waals surface area (Å²) >= 11 is 0. The van der Waals surface area contributed by atoms with Gasteiger partial charge in [0.1, 0.15) is 6.04 Å². The number of carbonyl (C=O) groups is 2. The van der Waals surface area contributed by atoms with Crippen molar-refractivity contribution in [1.82, 2.24) is 20.1 Å². The Morgan fingerprint density at radius 1 is 1.29 bits per heavy atom. The minimum Gasteiger partial charge on any atom is -0.480 e. The summed E-state index contributed by atoms with van der Waals surface area (Å²) in [6, 6.07) is 5.31. The summed E-state index contributed by atoms with van der Waals surface area (Å²) in [7, 11) is 1.60. The van der Waals surface area contributed by atoms with E-state index in [1.54, 1.807) is 13.3 Å². The Hall–Kier alpha value is -2.42. The highest BCUT2D eigenvalue weighted by Crippen LogP contribution is 2.30. The number of H-pyrrole nitrogens is 1. The van der Waals surface area contributed by atoms with Crippen molar-refractivity contribution in [3.8, 4) is 0 Å². The van der Waals surface area contributed by atoms with Crippen LogP contribution in [0.5, 0.6) is 0 Å². The van der Waals surface area contributed by atoms with Crippen molar-refractivity contribution in [2.75, 3.05) is 53.0 Å². The first-order chi connectivity index (χ1) is 13.5. The van der Waals surface area contributed by atoms with E-state index in [-0.39, 0.29) is 5.91 Å². The number of ether oxygens (including phenoxy) is 1. The number of hydrogen-bond donors (Lipinski definition) is 3. The molecule has 0 radical (unpaired) electrons. The van der Waals surface area contributed by atoms with Crippen LogP contribution in [0.3, 0.4) is 0 Å². The van der Waals surface area contributed by atoms with Crippen LogP contribution >= 0.6 is 0 Å². The van der Waals surface area contributed by atoms with E-state index < -0.39 is 12.0 Å². The molecule has 3 N–H and O–H groups in total. The lowest BCUT2D eigenvalue weighted by Crippen LogP contribution is -2.51. The fourth-order valence-electron chi connectivity index (χ4n) is 3.70. The van der Waals surface area contributed by atoms with Gasteiger partial charge in [-0.25, -0.2) is 0 Å². The molecule has 0 spiro atoms. The summed E-state index contributed by atoms with van der Waals surface area (Å²) in [6.07, 6.45) is 1.80. The van der Waals surface area contributed by atoms with Gasteiger partial charge in [0.15, 0.2) is 0 Å². The summed E-state index contributed by atoms with van der Waals surface area (Å²) in [6.45, 7) is 5.82. The molecular formula is C20H28N4O4. The number of carboxylic acids is 1. The topological polar surface area (TPSA) is 97.9 Å². The first-order valence-electron chi connectivity index (χ1n) is 9.52. The van der Waals surface area contributed by atoms with Gasteiger partial charge in [0.05, 0.1) is 13.2 Å². The predicted molar refractivity (Wildman–Crippen MR) is 106 cm³/mol. The molecule has 0 unspecified atom stereocenters. The third kappa shape index (κ3) is 4.70. The van der Waals surface area contributed by atoms with Crippen molar-refractivity contribution in [2.24, 2.45) is 0 Å². The number of piperazine rings is 1. The molecular weight excluding hydrogens is 360 g/mol. The van der Waals surface area contributed by atoms with Gasteiger partial charge < -0.3 is 20.1 Å². The lowest BCUT2D eigenvalue weighted by molar-refractivity contribution is -0.144. The van der Waals surface area contributed by atoms with Gasteiger partial charge in [-0.1, -0.05) is 11.6 Å². The Bertz CT molecular complexity index is 827. The van der Waals surface area contributed by atoms with Crippen molar-refractivity contribution in [3.63, 3.8) is 0 Å². The maximum atomic E-state index is 12.1. The SMILES string of the molecule is COCCNC(=O)CN1CCN([C@@H](C(=O)O)c2c[nH]c3ccc(C)cc23)CC1. The van der Waals surface area contributed by atoms with Crippen molar-refractivity contribution in [1.29, 1.82) is 0 Å². The number of carboxylic acid groups (broad SMARTS) is 1. The van der Waals surface area contributed by atoms with Crippen molar-refractivity contribution >= 4 is 22.8 Å². The highest BCUT2D eigenvalue weighted by molar-refractivity contribution is 5.89. The van der Waals surface area contributed by atoms with Gasteiger partial charge in [0.2, 0.25) is 5.91 Å². The van der Waals surface area contributed by atoms with Crippen LogP contribution in [0.25, 0.3) is 10.9 Å². The maximum Gasteiger partial charge on any atom is 0.325 e. The predicted octanol–water partition coefficient (Wildman–Crippen LogP) is 0.982. The van der Waals surface area contributed by atoms with Gasteiger partial charge in [-0.2, -0.15) is 0 Å². The third-order valence-corrected chi connectivity index (χ3v) is 5.17. The van der Waals surface area contributed by atoms with Gasteiger partial charge >= 0.3 is 5.97 Å². The number of amides is 1. The van der Waals surface area contributed by atoms with Crippen molar-refractivity contribution in [3.05, 3.63) is 35.5 Å². The molecule has 0 saturated carbocycles. The Balaban J connectivity index is 1.64. The number of nitrogens with zero attached hydrogens (tertiary/aromatic N) is 2. The largest absolute Gasteiger partial charge is 0.480 e. The van der Waals surface area contributed by atoms with E-state index in [4.69, 9.17) is 4.74 Å². The maximum absolute atomic E-state index is 12.1. The van der Waals surface area contributed by atoms with Gasteiger partial charge in [0.25, 0.3) is 0 Å². The van der Waals surface area contributed by atoms with Crippen LogP contribution in [0.15, 0.2) is 24.4 Å². The number of aromatic amines is 1. The van der Waals surface area contributed by atoms with E-state index in [1.165, 1.54) is 0 Å². The fourth-order valence-corrected chi connectivity index (χ4v) is 3.70. The molecule has 2 aromatic rings. The molecule has 152 valence electrons. The Morgan fingerprint density at radius 3 is 2.71 bits per heavy atom. The second-order valence-corrected chi connectivity index (χ2v) is 7.19. The second-order valence-electron chi connectivity index (χ2n) is 7.19. The Kier molecular flexibility index (Phi) is 6.66. The molecule has 3 rings (SSSR count). The standard InChI is InChI=1S/C20H28N4O4/c1-14-3-4-17-15(11-14)16(12-22-17)19(20(26)27)24-8-6-23(7-9-24)13-18(25)21-5-10-28-2/h3-4,11-12,19,22H,5-10,13H2,1-2H3,(H,21,25)(H,26,27)/t19-/m1/s1. The molecule has 1 aromatic carbocycles. The van der Waals surface area contributed by atoms with Gasteiger partial charge in [-0.05, 0) is 19.1 Å². The van der Waals surface area contributed by atoms with Crippen LogP contribution in [-0.4, -0.2) is 84.8 Å². The molecule has 1 aromatic heterocycles. The third-order valence-electron chi connectivity index (χ3n) is 5.17. The molecule has 8 nitrogen and oxygen atoms in total. The lowest BCUT2D eigenvalue weighted by Gasteiger charge is -2.37. The van der Waals surface area contributed by atoms with E-state index in [2.05, 4.69) is 15.2 Å². The zero-order chi connectivity index (χ0) is 20.1. The number of carbonyl (C=O) groups excluding carboxylic acids is 1. The average Bonchev–Trinajstić information content (AvgIpc) is 3.06. The smallest absolute Gasteiger partial charge is 0.325 e. The minimum atomic E-state index is -0.854. The number of fused-ring (bicyclic) bond motifs is 1. The molecule has 1 aliphatic heterocycles. The number of aliphatic carboxylic acids is 1. The molecule has 1 aliphatic rings. The van der Waals surface area contributed by atoms with E-state index in [9.17, 15) is 14.7 Å². The van der Waals surface area contributed by atoms with E-state index in [1.807, 2.05) is 30.0 Å². The summed E-state index contributed by atoms with van der Waals surface area (Å²) in [5.41, 5.74) is 2.83. The first-order valence-corrected chi connectivity index (χ1v) is 9.52. The highest BCUT2D eigenvalue weighted by atomic mass is 16.5. The fraction of sp³-hybridized carbons (Fsp3) is 0.500. The molecule has 1 fully saturated rings. The molecule has 2 heterocycles. The molecule has 1 amide bonds. The average molecular weight is 388 g/mol. The summed E-state index contributed by atoms with van der Waals surface area (Å²) < 4.78 is 4.93.